The average molecular weight is 387 g/mol. The fourth-order valence-electron chi connectivity index (χ4n) is 2.37. The number of hydrogen-bond donors (Lipinski definition) is 1. The standard InChI is InChI=1S/C17H17N5O4S/c1-3-21-15(14-5-4-10-26-14)19-20-17(21)27-11(2)16(23)18-12-6-8-13(9-7-12)22(24)25/h4-11H,3H2,1-2H3,(H,18,23). The Morgan fingerprint density at radius 1 is 1.33 bits per heavy atom. The van der Waals surface area contributed by atoms with Crippen molar-refractivity contribution in [2.24, 2.45) is 0 Å². The molecule has 0 spiro atoms. The Morgan fingerprint density at radius 2 is 2.07 bits per heavy atom. The van der Waals surface area contributed by atoms with Crippen molar-refractivity contribution in [2.75, 3.05) is 5.32 Å². The lowest BCUT2D eigenvalue weighted by Gasteiger charge is -2.12. The van der Waals surface area contributed by atoms with Crippen molar-refractivity contribution in [3.8, 4) is 11.6 Å². The van der Waals surface area contributed by atoms with Crippen molar-refractivity contribution in [1.82, 2.24) is 14.8 Å². The van der Waals surface area contributed by atoms with Gasteiger partial charge in [0.05, 0.1) is 16.4 Å². The van der Waals surface area contributed by atoms with Crippen molar-refractivity contribution in [3.05, 3.63) is 52.8 Å². The molecule has 0 aliphatic rings. The minimum Gasteiger partial charge on any atom is -0.461 e. The number of nitrogens with zero attached hydrogens (tertiary/aromatic N) is 4. The number of anilines is 1. The smallest absolute Gasteiger partial charge is 0.269 e. The first-order valence-electron chi connectivity index (χ1n) is 8.18. The summed E-state index contributed by atoms with van der Waals surface area (Å²) in [4.78, 5) is 22.6. The normalized spacial score (nSPS) is 11.9. The van der Waals surface area contributed by atoms with Crippen LogP contribution in [0.4, 0.5) is 11.4 Å². The average Bonchev–Trinajstić information content (AvgIpc) is 3.31. The highest BCUT2D eigenvalue weighted by Crippen LogP contribution is 2.27. The van der Waals surface area contributed by atoms with Crippen LogP contribution in [0.2, 0.25) is 0 Å². The molecule has 0 saturated heterocycles. The molecule has 2 heterocycles. The molecule has 10 heteroatoms. The number of non-ortho nitro benzene ring substituents is 1. The number of rotatable bonds is 7. The second-order valence-corrected chi connectivity index (χ2v) is 6.89. The fourth-order valence-corrected chi connectivity index (χ4v) is 3.28. The van der Waals surface area contributed by atoms with Gasteiger partial charge in [-0.15, -0.1) is 10.2 Å². The highest BCUT2D eigenvalue weighted by atomic mass is 32.2. The van der Waals surface area contributed by atoms with E-state index in [4.69, 9.17) is 4.42 Å². The molecule has 1 N–H and O–H groups in total. The van der Waals surface area contributed by atoms with Crippen LogP contribution in [0, 0.1) is 10.1 Å². The topological polar surface area (TPSA) is 116 Å². The van der Waals surface area contributed by atoms with Crippen molar-refractivity contribution in [1.29, 1.82) is 0 Å². The number of nitro groups is 1. The Labute approximate surface area is 158 Å². The van der Waals surface area contributed by atoms with Crippen LogP contribution in [0.1, 0.15) is 13.8 Å². The third kappa shape index (κ3) is 4.17. The molecule has 0 fully saturated rings. The SMILES string of the molecule is CCn1c(SC(C)C(=O)Nc2ccc([N+](=O)[O-])cc2)nnc1-c1ccco1. The third-order valence-electron chi connectivity index (χ3n) is 3.77. The molecule has 1 atom stereocenters. The number of amides is 1. The molecule has 0 saturated carbocycles. The van der Waals surface area contributed by atoms with E-state index in [1.54, 1.807) is 25.3 Å². The van der Waals surface area contributed by atoms with E-state index in [1.165, 1.54) is 36.0 Å². The van der Waals surface area contributed by atoms with Gasteiger partial charge in [0.2, 0.25) is 5.91 Å². The van der Waals surface area contributed by atoms with Gasteiger partial charge in [-0.05, 0) is 38.1 Å². The lowest BCUT2D eigenvalue weighted by molar-refractivity contribution is -0.384. The largest absolute Gasteiger partial charge is 0.461 e. The number of nitro benzene ring substituents is 1. The van der Waals surface area contributed by atoms with Crippen LogP contribution in [0.25, 0.3) is 11.6 Å². The molecule has 1 unspecified atom stereocenters. The molecule has 9 nitrogen and oxygen atoms in total. The van der Waals surface area contributed by atoms with Crippen molar-refractivity contribution >= 4 is 29.0 Å². The second kappa shape index (κ2) is 8.04. The first-order valence-corrected chi connectivity index (χ1v) is 9.06. The third-order valence-corrected chi connectivity index (χ3v) is 4.85. The number of hydrogen-bond acceptors (Lipinski definition) is 7. The molecule has 0 aliphatic carbocycles. The molecule has 1 amide bonds. The minimum absolute atomic E-state index is 0.0306. The molecular formula is C17H17N5O4S. The van der Waals surface area contributed by atoms with Gasteiger partial charge in [0.1, 0.15) is 0 Å². The first kappa shape index (κ1) is 18.6. The molecule has 27 heavy (non-hydrogen) atoms. The lowest BCUT2D eigenvalue weighted by atomic mass is 10.3. The van der Waals surface area contributed by atoms with Crippen LogP contribution < -0.4 is 5.32 Å². The van der Waals surface area contributed by atoms with E-state index in [0.717, 1.165) is 0 Å². The van der Waals surface area contributed by atoms with E-state index in [0.29, 0.717) is 29.0 Å². The number of thioether (sulfide) groups is 1. The number of benzene rings is 1. The van der Waals surface area contributed by atoms with Gasteiger partial charge >= 0.3 is 0 Å². The fraction of sp³-hybridized carbons (Fsp3) is 0.235. The maximum Gasteiger partial charge on any atom is 0.269 e. The van der Waals surface area contributed by atoms with E-state index >= 15 is 0 Å². The zero-order valence-electron chi connectivity index (χ0n) is 14.7. The second-order valence-electron chi connectivity index (χ2n) is 5.58. The summed E-state index contributed by atoms with van der Waals surface area (Å²) in [6.07, 6.45) is 1.57. The minimum atomic E-state index is -0.488. The van der Waals surface area contributed by atoms with Gasteiger partial charge in [0.25, 0.3) is 5.69 Å². The predicted octanol–water partition coefficient (Wildman–Crippen LogP) is 3.59. The monoisotopic (exact) mass is 387 g/mol. The number of nitrogens with one attached hydrogen (secondary N) is 1. The van der Waals surface area contributed by atoms with E-state index in [9.17, 15) is 14.9 Å². The molecule has 0 aliphatic heterocycles. The van der Waals surface area contributed by atoms with Crippen LogP contribution in [0.5, 0.6) is 0 Å². The molecule has 0 bridgehead atoms. The summed E-state index contributed by atoms with van der Waals surface area (Å²) in [5.41, 5.74) is 0.461. The summed E-state index contributed by atoms with van der Waals surface area (Å²) in [5, 5.41) is 21.9. The Morgan fingerprint density at radius 3 is 2.67 bits per heavy atom. The summed E-state index contributed by atoms with van der Waals surface area (Å²) >= 11 is 1.28. The van der Waals surface area contributed by atoms with Gasteiger partial charge in [-0.1, -0.05) is 11.8 Å². The van der Waals surface area contributed by atoms with Crippen LogP contribution in [0.3, 0.4) is 0 Å². The Balaban J connectivity index is 1.68. The highest BCUT2D eigenvalue weighted by Gasteiger charge is 2.21. The maximum atomic E-state index is 12.4. The van der Waals surface area contributed by atoms with Crippen LogP contribution in [-0.4, -0.2) is 30.8 Å². The number of aromatic nitrogens is 3. The predicted molar refractivity (Wildman–Crippen MR) is 100 cm³/mol. The van der Waals surface area contributed by atoms with Gasteiger partial charge in [-0.3, -0.25) is 19.5 Å². The number of carbonyl (C=O) groups excluding carboxylic acids is 1. The van der Waals surface area contributed by atoms with Crippen LogP contribution >= 0.6 is 11.8 Å². The Kier molecular flexibility index (Phi) is 5.55. The summed E-state index contributed by atoms with van der Waals surface area (Å²) in [6, 6.07) is 9.26. The maximum absolute atomic E-state index is 12.4. The highest BCUT2D eigenvalue weighted by molar-refractivity contribution is 8.00. The zero-order valence-corrected chi connectivity index (χ0v) is 15.5. The molecule has 2 aromatic heterocycles. The molecule has 0 radical (unpaired) electrons. The molecule has 1 aromatic carbocycles. The van der Waals surface area contributed by atoms with Gasteiger partial charge in [0, 0.05) is 24.4 Å². The van der Waals surface area contributed by atoms with Gasteiger partial charge < -0.3 is 9.73 Å². The van der Waals surface area contributed by atoms with E-state index < -0.39 is 10.2 Å². The van der Waals surface area contributed by atoms with Crippen LogP contribution in [-0.2, 0) is 11.3 Å². The van der Waals surface area contributed by atoms with E-state index in [2.05, 4.69) is 15.5 Å². The Bertz CT molecular complexity index is 937. The van der Waals surface area contributed by atoms with Crippen molar-refractivity contribution in [2.45, 2.75) is 30.8 Å². The molecule has 140 valence electrons. The molecular weight excluding hydrogens is 370 g/mol. The Hall–Kier alpha value is -3.14. The summed E-state index contributed by atoms with van der Waals surface area (Å²) in [7, 11) is 0. The molecule has 3 rings (SSSR count). The lowest BCUT2D eigenvalue weighted by Crippen LogP contribution is -2.22. The van der Waals surface area contributed by atoms with Crippen molar-refractivity contribution in [3.63, 3.8) is 0 Å². The van der Waals surface area contributed by atoms with Gasteiger partial charge in [-0.25, -0.2) is 0 Å². The quantitative estimate of drug-likeness (QED) is 0.374. The zero-order chi connectivity index (χ0) is 19.4. The van der Waals surface area contributed by atoms with Crippen molar-refractivity contribution < 1.29 is 14.1 Å². The van der Waals surface area contributed by atoms with Gasteiger partial charge in [-0.2, -0.15) is 0 Å². The van der Waals surface area contributed by atoms with Gasteiger partial charge in [0.15, 0.2) is 16.7 Å². The van der Waals surface area contributed by atoms with E-state index in [-0.39, 0.29) is 11.6 Å². The number of furan rings is 1. The molecule has 3 aromatic rings. The number of carbonyl (C=O) groups is 1. The first-order chi connectivity index (χ1) is 13.0. The summed E-state index contributed by atoms with van der Waals surface area (Å²) in [6.45, 7) is 4.34. The van der Waals surface area contributed by atoms with E-state index in [1.807, 2.05) is 11.5 Å². The van der Waals surface area contributed by atoms with Crippen LogP contribution in [0.15, 0.2) is 52.2 Å². The summed E-state index contributed by atoms with van der Waals surface area (Å²) < 4.78 is 7.25. The summed E-state index contributed by atoms with van der Waals surface area (Å²) in [5.74, 6) is 0.978.